The lowest BCUT2D eigenvalue weighted by Crippen LogP contribution is -2.19. The summed E-state index contributed by atoms with van der Waals surface area (Å²) in [5.41, 5.74) is 1.57. The average molecular weight is 260 g/mol. The first-order valence-electron chi connectivity index (χ1n) is 6.25. The van der Waals surface area contributed by atoms with Crippen LogP contribution in [0.5, 0.6) is 5.75 Å². The summed E-state index contributed by atoms with van der Waals surface area (Å²) in [7, 11) is 1.81. The van der Waals surface area contributed by atoms with Crippen LogP contribution in [0.25, 0.3) is 0 Å². The van der Waals surface area contributed by atoms with Gasteiger partial charge in [0.15, 0.2) is 0 Å². The highest BCUT2D eigenvalue weighted by Gasteiger charge is 2.15. The molecule has 100 valence electrons. The molecule has 1 unspecified atom stereocenters. The predicted molar refractivity (Wildman–Crippen MR) is 72.7 cm³/mol. The van der Waals surface area contributed by atoms with Gasteiger partial charge >= 0.3 is 0 Å². The zero-order valence-corrected chi connectivity index (χ0v) is 11.1. The molecule has 0 radical (unpaired) electrons. The molecule has 1 N–H and O–H groups in total. The Morgan fingerprint density at radius 2 is 2.00 bits per heavy atom. The fourth-order valence-corrected chi connectivity index (χ4v) is 2.04. The first kappa shape index (κ1) is 13.5. The van der Waals surface area contributed by atoms with Crippen LogP contribution in [0, 0.1) is 5.82 Å². The minimum absolute atomic E-state index is 0.196. The summed E-state index contributed by atoms with van der Waals surface area (Å²) < 4.78 is 19.2. The number of nitrogens with one attached hydrogen (secondary N) is 1. The maximum atomic E-state index is 13.8. The number of aromatic nitrogens is 1. The van der Waals surface area contributed by atoms with Crippen LogP contribution in [0.4, 0.5) is 4.39 Å². The summed E-state index contributed by atoms with van der Waals surface area (Å²) in [6.45, 7) is 2.57. The zero-order valence-electron chi connectivity index (χ0n) is 11.1. The van der Waals surface area contributed by atoms with E-state index in [1.54, 1.807) is 19.3 Å². The van der Waals surface area contributed by atoms with Gasteiger partial charge in [0.1, 0.15) is 11.6 Å². The molecule has 0 spiro atoms. The van der Waals surface area contributed by atoms with Crippen molar-refractivity contribution < 1.29 is 9.13 Å². The standard InChI is InChI=1S/C15H17FN2O/c1-3-19-12-6-4-11(5-7-12)15(17-2)13-8-9-18-10-14(13)16/h4-10,15,17H,3H2,1-2H3. The molecule has 0 amide bonds. The predicted octanol–water partition coefficient (Wildman–Crippen LogP) is 2.93. The summed E-state index contributed by atoms with van der Waals surface area (Å²) in [5.74, 6) is 0.507. The fourth-order valence-electron chi connectivity index (χ4n) is 2.04. The molecule has 0 saturated carbocycles. The van der Waals surface area contributed by atoms with Crippen LogP contribution >= 0.6 is 0 Å². The van der Waals surface area contributed by atoms with E-state index in [1.807, 2.05) is 31.2 Å². The highest BCUT2D eigenvalue weighted by Crippen LogP contribution is 2.25. The molecule has 1 aromatic carbocycles. The Hall–Kier alpha value is -1.94. The monoisotopic (exact) mass is 260 g/mol. The van der Waals surface area contributed by atoms with Crippen LogP contribution in [-0.4, -0.2) is 18.6 Å². The van der Waals surface area contributed by atoms with Gasteiger partial charge in [-0.25, -0.2) is 4.39 Å². The lowest BCUT2D eigenvalue weighted by atomic mass is 9.99. The van der Waals surface area contributed by atoms with Gasteiger partial charge in [-0.15, -0.1) is 0 Å². The Labute approximate surface area is 112 Å². The summed E-state index contributed by atoms with van der Waals surface area (Å²) in [5, 5.41) is 3.12. The zero-order chi connectivity index (χ0) is 13.7. The molecule has 0 bridgehead atoms. The number of pyridine rings is 1. The Morgan fingerprint density at radius 1 is 1.26 bits per heavy atom. The second kappa shape index (κ2) is 6.29. The van der Waals surface area contributed by atoms with Gasteiger partial charge in [-0.05, 0) is 37.7 Å². The molecule has 1 atom stereocenters. The molecule has 0 aliphatic heterocycles. The van der Waals surface area contributed by atoms with Gasteiger partial charge in [-0.1, -0.05) is 12.1 Å². The molecule has 0 aliphatic carbocycles. The van der Waals surface area contributed by atoms with Gasteiger partial charge in [0, 0.05) is 11.8 Å². The Bertz CT molecular complexity index is 528. The van der Waals surface area contributed by atoms with E-state index in [4.69, 9.17) is 4.74 Å². The highest BCUT2D eigenvalue weighted by atomic mass is 19.1. The van der Waals surface area contributed by atoms with E-state index in [2.05, 4.69) is 10.3 Å². The molecule has 4 heteroatoms. The number of ether oxygens (including phenoxy) is 1. The molecule has 0 aliphatic rings. The number of halogens is 1. The Balaban J connectivity index is 2.29. The van der Waals surface area contributed by atoms with Crippen LogP contribution in [0.2, 0.25) is 0 Å². The van der Waals surface area contributed by atoms with Gasteiger partial charge in [-0.2, -0.15) is 0 Å². The second-order valence-corrected chi connectivity index (χ2v) is 4.12. The molecule has 0 fully saturated rings. The molecule has 0 saturated heterocycles. The quantitative estimate of drug-likeness (QED) is 0.897. The SMILES string of the molecule is CCOc1ccc(C(NC)c2ccncc2F)cc1. The van der Waals surface area contributed by atoms with Crippen molar-refractivity contribution in [3.8, 4) is 5.75 Å². The lowest BCUT2D eigenvalue weighted by molar-refractivity contribution is 0.340. The van der Waals surface area contributed by atoms with Crippen molar-refractivity contribution in [2.75, 3.05) is 13.7 Å². The highest BCUT2D eigenvalue weighted by molar-refractivity contribution is 5.35. The number of hydrogen-bond acceptors (Lipinski definition) is 3. The first-order chi connectivity index (χ1) is 9.26. The minimum atomic E-state index is -0.310. The van der Waals surface area contributed by atoms with Crippen molar-refractivity contribution in [2.45, 2.75) is 13.0 Å². The third kappa shape index (κ3) is 3.09. The molecule has 2 aromatic rings. The molecule has 1 heterocycles. The smallest absolute Gasteiger partial charge is 0.146 e. The fraction of sp³-hybridized carbons (Fsp3) is 0.267. The number of hydrogen-bond donors (Lipinski definition) is 1. The van der Waals surface area contributed by atoms with Crippen LogP contribution in [0.1, 0.15) is 24.1 Å². The first-order valence-corrected chi connectivity index (χ1v) is 6.25. The average Bonchev–Trinajstić information content (AvgIpc) is 2.44. The molecule has 2 rings (SSSR count). The van der Waals surface area contributed by atoms with E-state index >= 15 is 0 Å². The van der Waals surface area contributed by atoms with Crippen LogP contribution in [-0.2, 0) is 0 Å². The van der Waals surface area contributed by atoms with Gasteiger partial charge in [-0.3, -0.25) is 4.98 Å². The molecule has 19 heavy (non-hydrogen) atoms. The van der Waals surface area contributed by atoms with E-state index in [0.717, 1.165) is 11.3 Å². The van der Waals surface area contributed by atoms with E-state index < -0.39 is 0 Å². The second-order valence-electron chi connectivity index (χ2n) is 4.12. The molecular formula is C15H17FN2O. The molecular weight excluding hydrogens is 243 g/mol. The van der Waals surface area contributed by atoms with Crippen molar-refractivity contribution in [1.29, 1.82) is 0 Å². The van der Waals surface area contributed by atoms with E-state index in [0.29, 0.717) is 12.2 Å². The van der Waals surface area contributed by atoms with Crippen molar-refractivity contribution in [1.82, 2.24) is 10.3 Å². The molecule has 3 nitrogen and oxygen atoms in total. The van der Waals surface area contributed by atoms with Crippen LogP contribution in [0.3, 0.4) is 0 Å². The van der Waals surface area contributed by atoms with Crippen LogP contribution < -0.4 is 10.1 Å². The van der Waals surface area contributed by atoms with Gasteiger partial charge < -0.3 is 10.1 Å². The van der Waals surface area contributed by atoms with E-state index in [9.17, 15) is 4.39 Å². The van der Waals surface area contributed by atoms with Gasteiger partial charge in [0.2, 0.25) is 0 Å². The Kier molecular flexibility index (Phi) is 4.47. The topological polar surface area (TPSA) is 34.1 Å². The largest absolute Gasteiger partial charge is 0.494 e. The summed E-state index contributed by atoms with van der Waals surface area (Å²) in [4.78, 5) is 3.77. The number of benzene rings is 1. The minimum Gasteiger partial charge on any atom is -0.494 e. The van der Waals surface area contributed by atoms with Crippen molar-refractivity contribution in [3.63, 3.8) is 0 Å². The lowest BCUT2D eigenvalue weighted by Gasteiger charge is -2.18. The summed E-state index contributed by atoms with van der Waals surface area (Å²) >= 11 is 0. The van der Waals surface area contributed by atoms with Crippen LogP contribution in [0.15, 0.2) is 42.7 Å². The maximum Gasteiger partial charge on any atom is 0.146 e. The Morgan fingerprint density at radius 3 is 2.58 bits per heavy atom. The summed E-state index contributed by atoms with van der Waals surface area (Å²) in [6.07, 6.45) is 2.82. The van der Waals surface area contributed by atoms with Crippen molar-refractivity contribution in [3.05, 3.63) is 59.7 Å². The maximum absolute atomic E-state index is 13.8. The molecule has 1 aromatic heterocycles. The third-order valence-corrected chi connectivity index (χ3v) is 2.93. The number of nitrogens with zero attached hydrogens (tertiary/aromatic N) is 1. The van der Waals surface area contributed by atoms with Crippen molar-refractivity contribution in [2.24, 2.45) is 0 Å². The number of rotatable bonds is 5. The van der Waals surface area contributed by atoms with Crippen molar-refractivity contribution >= 4 is 0 Å². The summed E-state index contributed by atoms with van der Waals surface area (Å²) in [6, 6.07) is 9.15. The van der Waals surface area contributed by atoms with Gasteiger partial charge in [0.05, 0.1) is 18.8 Å². The van der Waals surface area contributed by atoms with E-state index in [-0.39, 0.29) is 11.9 Å². The third-order valence-electron chi connectivity index (χ3n) is 2.93. The normalized spacial score (nSPS) is 12.2. The van der Waals surface area contributed by atoms with E-state index in [1.165, 1.54) is 6.20 Å². The van der Waals surface area contributed by atoms with Gasteiger partial charge in [0.25, 0.3) is 0 Å².